The van der Waals surface area contributed by atoms with Crippen molar-refractivity contribution in [1.29, 1.82) is 0 Å². The van der Waals surface area contributed by atoms with E-state index in [1.54, 1.807) is 48.5 Å². The van der Waals surface area contributed by atoms with Gasteiger partial charge in [-0.2, -0.15) is 0 Å². The molecule has 7 heteroatoms. The molecule has 0 bridgehead atoms. The number of benzene rings is 3. The Balaban J connectivity index is 1.72. The lowest BCUT2D eigenvalue weighted by atomic mass is 10.1. The van der Waals surface area contributed by atoms with E-state index in [1.165, 1.54) is 24.3 Å². The minimum absolute atomic E-state index is 0.0597. The zero-order valence-corrected chi connectivity index (χ0v) is 15.2. The van der Waals surface area contributed by atoms with E-state index >= 15 is 0 Å². The fraction of sp³-hybridized carbons (Fsp3) is 0. The highest BCUT2D eigenvalue weighted by Gasteiger charge is 2.12. The molecular weight excluding hydrogens is 370 g/mol. The maximum absolute atomic E-state index is 12.6. The second-order valence-corrected chi connectivity index (χ2v) is 6.04. The van der Waals surface area contributed by atoms with Crippen LogP contribution in [0.2, 0.25) is 0 Å². The van der Waals surface area contributed by atoms with E-state index in [2.05, 4.69) is 10.6 Å². The number of nitrogens with zero attached hydrogens (tertiary/aromatic N) is 1. The van der Waals surface area contributed by atoms with Gasteiger partial charge in [0.1, 0.15) is 0 Å². The van der Waals surface area contributed by atoms with Crippen molar-refractivity contribution in [3.05, 3.63) is 106 Å². The highest BCUT2D eigenvalue weighted by Crippen LogP contribution is 2.18. The molecule has 144 valence electrons. The highest BCUT2D eigenvalue weighted by atomic mass is 16.6. The standard InChI is InChI=1S/C22H17N3O4/c26-21(14-13-16-7-6-10-18(15-16)25(28)29)24-20-12-5-4-11-19(20)22(27)23-17-8-2-1-3-9-17/h1-15H,(H,23,27)(H,24,26)/b14-13+. The Morgan fingerprint density at radius 2 is 1.59 bits per heavy atom. The average molecular weight is 387 g/mol. The van der Waals surface area contributed by atoms with E-state index in [-0.39, 0.29) is 11.6 Å². The summed E-state index contributed by atoms with van der Waals surface area (Å²) in [6.07, 6.45) is 2.72. The van der Waals surface area contributed by atoms with E-state index < -0.39 is 10.8 Å². The van der Waals surface area contributed by atoms with Crippen molar-refractivity contribution < 1.29 is 14.5 Å². The third-order valence-corrected chi connectivity index (χ3v) is 3.97. The Labute approximate surface area is 166 Å². The summed E-state index contributed by atoms with van der Waals surface area (Å²) in [6.45, 7) is 0. The molecule has 0 radical (unpaired) electrons. The predicted molar refractivity (Wildman–Crippen MR) is 112 cm³/mol. The fourth-order valence-electron chi connectivity index (χ4n) is 2.60. The van der Waals surface area contributed by atoms with Gasteiger partial charge < -0.3 is 10.6 Å². The van der Waals surface area contributed by atoms with Crippen LogP contribution in [-0.2, 0) is 4.79 Å². The largest absolute Gasteiger partial charge is 0.322 e. The number of carbonyl (C=O) groups is 2. The van der Waals surface area contributed by atoms with Gasteiger partial charge in [-0.1, -0.05) is 42.5 Å². The summed E-state index contributed by atoms with van der Waals surface area (Å²) in [7, 11) is 0. The molecule has 29 heavy (non-hydrogen) atoms. The van der Waals surface area contributed by atoms with Crippen molar-refractivity contribution in [1.82, 2.24) is 0 Å². The number of nitrogens with one attached hydrogen (secondary N) is 2. The Morgan fingerprint density at radius 1 is 0.862 bits per heavy atom. The van der Waals surface area contributed by atoms with Crippen LogP contribution < -0.4 is 10.6 Å². The molecule has 0 spiro atoms. The van der Waals surface area contributed by atoms with Gasteiger partial charge in [0.2, 0.25) is 5.91 Å². The summed E-state index contributed by atoms with van der Waals surface area (Å²) < 4.78 is 0. The van der Waals surface area contributed by atoms with E-state index in [4.69, 9.17) is 0 Å². The first kappa shape index (κ1) is 19.5. The summed E-state index contributed by atoms with van der Waals surface area (Å²) in [6, 6.07) is 21.6. The lowest BCUT2D eigenvalue weighted by Crippen LogP contribution is -2.16. The number of hydrogen-bond donors (Lipinski definition) is 2. The van der Waals surface area contributed by atoms with Crippen LogP contribution in [0.15, 0.2) is 84.9 Å². The normalized spacial score (nSPS) is 10.5. The molecule has 2 N–H and O–H groups in total. The number of carbonyl (C=O) groups excluding carboxylic acids is 2. The van der Waals surface area contributed by atoms with E-state index in [0.717, 1.165) is 0 Å². The lowest BCUT2D eigenvalue weighted by Gasteiger charge is -2.10. The molecule has 2 amide bonds. The molecule has 0 fully saturated rings. The van der Waals surface area contributed by atoms with Gasteiger partial charge in [-0.3, -0.25) is 19.7 Å². The van der Waals surface area contributed by atoms with Crippen molar-refractivity contribution >= 4 is 35.0 Å². The second kappa shape index (κ2) is 9.09. The number of amides is 2. The summed E-state index contributed by atoms with van der Waals surface area (Å²) in [4.78, 5) is 35.2. The minimum atomic E-state index is -0.501. The molecule has 0 aromatic heterocycles. The van der Waals surface area contributed by atoms with Crippen LogP contribution in [0.5, 0.6) is 0 Å². The van der Waals surface area contributed by atoms with Gasteiger partial charge >= 0.3 is 0 Å². The van der Waals surface area contributed by atoms with Crippen LogP contribution in [0.4, 0.5) is 17.1 Å². The molecular formula is C22H17N3O4. The predicted octanol–water partition coefficient (Wildman–Crippen LogP) is 4.50. The number of rotatable bonds is 6. The van der Waals surface area contributed by atoms with Crippen molar-refractivity contribution in [2.75, 3.05) is 10.6 Å². The van der Waals surface area contributed by atoms with Gasteiger partial charge in [-0.05, 0) is 35.9 Å². The number of para-hydroxylation sites is 2. The van der Waals surface area contributed by atoms with Crippen LogP contribution >= 0.6 is 0 Å². The molecule has 0 heterocycles. The maximum atomic E-state index is 12.6. The average Bonchev–Trinajstić information content (AvgIpc) is 2.73. The molecule has 0 aliphatic carbocycles. The molecule has 0 saturated heterocycles. The fourth-order valence-corrected chi connectivity index (χ4v) is 2.60. The third-order valence-electron chi connectivity index (χ3n) is 3.97. The van der Waals surface area contributed by atoms with Gasteiger partial charge in [-0.25, -0.2) is 0 Å². The lowest BCUT2D eigenvalue weighted by molar-refractivity contribution is -0.384. The number of anilines is 2. The van der Waals surface area contributed by atoms with Crippen LogP contribution in [0.3, 0.4) is 0 Å². The van der Waals surface area contributed by atoms with Gasteiger partial charge in [0, 0.05) is 23.9 Å². The zero-order chi connectivity index (χ0) is 20.6. The minimum Gasteiger partial charge on any atom is -0.322 e. The molecule has 0 atom stereocenters. The molecule has 0 aliphatic heterocycles. The summed E-state index contributed by atoms with van der Waals surface area (Å²) >= 11 is 0. The summed E-state index contributed by atoms with van der Waals surface area (Å²) in [5, 5.41) is 16.3. The Kier molecular flexibility index (Phi) is 6.12. The number of non-ortho nitro benzene ring substituents is 1. The zero-order valence-electron chi connectivity index (χ0n) is 15.2. The first-order valence-corrected chi connectivity index (χ1v) is 8.72. The van der Waals surface area contributed by atoms with Crippen LogP contribution in [0, 0.1) is 10.1 Å². The molecule has 0 saturated carbocycles. The first-order valence-electron chi connectivity index (χ1n) is 8.72. The van der Waals surface area contributed by atoms with Crippen molar-refractivity contribution in [2.24, 2.45) is 0 Å². The van der Waals surface area contributed by atoms with Crippen molar-refractivity contribution in [3.8, 4) is 0 Å². The first-order chi connectivity index (χ1) is 14.0. The Hall–Kier alpha value is -4.26. The molecule has 3 rings (SSSR count). The van der Waals surface area contributed by atoms with Gasteiger partial charge in [0.05, 0.1) is 16.2 Å². The molecule has 0 aliphatic rings. The number of hydrogen-bond acceptors (Lipinski definition) is 4. The summed E-state index contributed by atoms with van der Waals surface area (Å²) in [5.74, 6) is -0.814. The van der Waals surface area contributed by atoms with Crippen molar-refractivity contribution in [3.63, 3.8) is 0 Å². The molecule has 7 nitrogen and oxygen atoms in total. The summed E-state index contributed by atoms with van der Waals surface area (Å²) in [5.41, 5.74) is 1.77. The van der Waals surface area contributed by atoms with Crippen LogP contribution in [-0.4, -0.2) is 16.7 Å². The van der Waals surface area contributed by atoms with Gasteiger partial charge in [0.15, 0.2) is 0 Å². The maximum Gasteiger partial charge on any atom is 0.270 e. The Morgan fingerprint density at radius 3 is 2.34 bits per heavy atom. The Bertz CT molecular complexity index is 1080. The van der Waals surface area contributed by atoms with Crippen LogP contribution in [0.25, 0.3) is 6.08 Å². The van der Waals surface area contributed by atoms with E-state index in [1.807, 2.05) is 18.2 Å². The smallest absolute Gasteiger partial charge is 0.270 e. The van der Waals surface area contributed by atoms with Gasteiger partial charge in [-0.15, -0.1) is 0 Å². The quantitative estimate of drug-likeness (QED) is 0.369. The SMILES string of the molecule is O=C(/C=C/c1cccc([N+](=O)[O-])c1)Nc1ccccc1C(=O)Nc1ccccc1. The molecule has 3 aromatic carbocycles. The van der Waals surface area contributed by atoms with E-state index in [0.29, 0.717) is 22.5 Å². The highest BCUT2D eigenvalue weighted by molar-refractivity contribution is 6.11. The topological polar surface area (TPSA) is 101 Å². The third kappa shape index (κ3) is 5.36. The van der Waals surface area contributed by atoms with E-state index in [9.17, 15) is 19.7 Å². The molecule has 0 unspecified atom stereocenters. The number of nitro groups is 1. The second-order valence-electron chi connectivity index (χ2n) is 6.04. The number of nitro benzene ring substituents is 1. The molecule has 3 aromatic rings. The van der Waals surface area contributed by atoms with Crippen molar-refractivity contribution in [2.45, 2.75) is 0 Å². The van der Waals surface area contributed by atoms with Crippen LogP contribution in [0.1, 0.15) is 15.9 Å². The van der Waals surface area contributed by atoms with Gasteiger partial charge in [0.25, 0.3) is 11.6 Å². The monoisotopic (exact) mass is 387 g/mol.